The molecule has 1 aromatic carbocycles. The molecule has 5 nitrogen and oxygen atoms in total. The van der Waals surface area contributed by atoms with Crippen molar-refractivity contribution in [3.63, 3.8) is 0 Å². The van der Waals surface area contributed by atoms with Gasteiger partial charge in [-0.05, 0) is 22.0 Å². The lowest BCUT2D eigenvalue weighted by atomic mass is 10.1. The molecule has 1 aliphatic rings. The number of pyridine rings is 1. The van der Waals surface area contributed by atoms with E-state index >= 15 is 0 Å². The molecule has 2 aromatic rings. The van der Waals surface area contributed by atoms with Crippen LogP contribution < -0.4 is 4.90 Å². The molecule has 0 unspecified atom stereocenters. The van der Waals surface area contributed by atoms with E-state index in [1.54, 1.807) is 0 Å². The third-order valence-corrected chi connectivity index (χ3v) is 4.16. The molecule has 0 saturated carbocycles. The minimum absolute atomic E-state index is 0.307. The molecular formula is C14H12BrN3O2. The van der Waals surface area contributed by atoms with Crippen molar-refractivity contribution in [3.8, 4) is 6.07 Å². The van der Waals surface area contributed by atoms with Crippen molar-refractivity contribution in [1.29, 1.82) is 5.26 Å². The van der Waals surface area contributed by atoms with Crippen molar-refractivity contribution < 1.29 is 10.2 Å². The van der Waals surface area contributed by atoms with Gasteiger partial charge in [0.1, 0.15) is 6.07 Å². The van der Waals surface area contributed by atoms with Crippen molar-refractivity contribution in [2.75, 3.05) is 18.0 Å². The third-order valence-electron chi connectivity index (χ3n) is 3.52. The monoisotopic (exact) mass is 333 g/mol. The standard InChI is InChI=1S/C14H12BrN3O2/c15-10-3-1-2-9-13(10)17-5-8(4-16)14(9)18-6-11(19)12(20)7-18/h1-3,5,11-12,19-20H,6-7H2/t11-,12+. The fraction of sp³-hybridized carbons (Fsp3) is 0.286. The Morgan fingerprint density at radius 2 is 2.00 bits per heavy atom. The van der Waals surface area contributed by atoms with Gasteiger partial charge in [-0.15, -0.1) is 0 Å². The quantitative estimate of drug-likeness (QED) is 0.824. The van der Waals surface area contributed by atoms with Gasteiger partial charge >= 0.3 is 0 Å². The number of halogens is 1. The Hall–Kier alpha value is -1.68. The first-order valence-electron chi connectivity index (χ1n) is 6.20. The number of anilines is 1. The fourth-order valence-electron chi connectivity index (χ4n) is 2.55. The van der Waals surface area contributed by atoms with Crippen LogP contribution in [-0.2, 0) is 0 Å². The summed E-state index contributed by atoms with van der Waals surface area (Å²) >= 11 is 3.45. The van der Waals surface area contributed by atoms with Crippen molar-refractivity contribution in [2.24, 2.45) is 0 Å². The van der Waals surface area contributed by atoms with Gasteiger partial charge in [0, 0.05) is 29.1 Å². The Kier molecular flexibility index (Phi) is 3.34. The summed E-state index contributed by atoms with van der Waals surface area (Å²) in [5.74, 6) is 0. The number of hydrogen-bond donors (Lipinski definition) is 2. The zero-order chi connectivity index (χ0) is 14.3. The number of rotatable bonds is 1. The molecule has 2 N–H and O–H groups in total. The number of aromatic nitrogens is 1. The summed E-state index contributed by atoms with van der Waals surface area (Å²) < 4.78 is 0.848. The fourth-order valence-corrected chi connectivity index (χ4v) is 3.02. The van der Waals surface area contributed by atoms with E-state index in [2.05, 4.69) is 27.0 Å². The van der Waals surface area contributed by atoms with Gasteiger partial charge in [0.25, 0.3) is 0 Å². The molecule has 20 heavy (non-hydrogen) atoms. The normalized spacial score (nSPS) is 22.2. The van der Waals surface area contributed by atoms with Gasteiger partial charge in [-0.2, -0.15) is 5.26 Å². The van der Waals surface area contributed by atoms with E-state index < -0.39 is 12.2 Å². The minimum Gasteiger partial charge on any atom is -0.389 e. The predicted molar refractivity (Wildman–Crippen MR) is 78.4 cm³/mol. The van der Waals surface area contributed by atoms with Gasteiger partial charge in [-0.1, -0.05) is 12.1 Å². The Balaban J connectivity index is 2.23. The van der Waals surface area contributed by atoms with E-state index in [4.69, 9.17) is 0 Å². The SMILES string of the molecule is N#Cc1cnc2c(Br)cccc2c1N1C[C@@H](O)[C@@H](O)C1. The van der Waals surface area contributed by atoms with Crippen molar-refractivity contribution >= 4 is 32.5 Å². The summed E-state index contributed by atoms with van der Waals surface area (Å²) in [5.41, 5.74) is 1.92. The van der Waals surface area contributed by atoms with Crippen LogP contribution in [-0.4, -0.2) is 40.5 Å². The summed E-state index contributed by atoms with van der Waals surface area (Å²) in [6.45, 7) is 0.614. The van der Waals surface area contributed by atoms with Crippen LogP contribution in [0.2, 0.25) is 0 Å². The van der Waals surface area contributed by atoms with E-state index in [0.717, 1.165) is 21.1 Å². The molecule has 1 aromatic heterocycles. The second-order valence-corrected chi connectivity index (χ2v) is 5.66. The van der Waals surface area contributed by atoms with Gasteiger partial charge in [0.05, 0.1) is 29.0 Å². The topological polar surface area (TPSA) is 80.4 Å². The Morgan fingerprint density at radius 1 is 1.30 bits per heavy atom. The highest BCUT2D eigenvalue weighted by Crippen LogP contribution is 2.34. The lowest BCUT2D eigenvalue weighted by Gasteiger charge is -2.21. The molecule has 2 atom stereocenters. The lowest BCUT2D eigenvalue weighted by Crippen LogP contribution is -2.22. The van der Waals surface area contributed by atoms with Gasteiger partial charge in [0.15, 0.2) is 0 Å². The molecule has 0 radical (unpaired) electrons. The minimum atomic E-state index is -0.795. The third kappa shape index (κ3) is 2.04. The van der Waals surface area contributed by atoms with Crippen molar-refractivity contribution in [1.82, 2.24) is 4.98 Å². The van der Waals surface area contributed by atoms with Gasteiger partial charge in [0.2, 0.25) is 0 Å². The molecule has 0 bridgehead atoms. The molecule has 0 aliphatic carbocycles. The smallest absolute Gasteiger partial charge is 0.103 e. The van der Waals surface area contributed by atoms with E-state index in [9.17, 15) is 15.5 Å². The zero-order valence-corrected chi connectivity index (χ0v) is 12.1. The number of aliphatic hydroxyl groups excluding tert-OH is 2. The number of nitriles is 1. The maximum Gasteiger partial charge on any atom is 0.103 e. The maximum absolute atomic E-state index is 9.72. The number of hydrogen-bond acceptors (Lipinski definition) is 5. The zero-order valence-electron chi connectivity index (χ0n) is 10.5. The van der Waals surface area contributed by atoms with Gasteiger partial charge in [-0.3, -0.25) is 4.98 Å². The van der Waals surface area contributed by atoms with E-state index in [-0.39, 0.29) is 0 Å². The second-order valence-electron chi connectivity index (χ2n) is 4.81. The number of fused-ring (bicyclic) bond motifs is 1. The number of aliphatic hydroxyl groups is 2. The molecule has 3 rings (SSSR count). The van der Waals surface area contributed by atoms with Crippen LogP contribution in [0, 0.1) is 11.3 Å². The Morgan fingerprint density at radius 3 is 2.65 bits per heavy atom. The molecule has 1 saturated heterocycles. The summed E-state index contributed by atoms with van der Waals surface area (Å²) in [5, 5.41) is 29.6. The number of nitrogens with zero attached hydrogens (tertiary/aromatic N) is 3. The Bertz CT molecular complexity index is 703. The van der Waals surface area contributed by atoms with E-state index in [1.165, 1.54) is 6.20 Å². The van der Waals surface area contributed by atoms with Crippen LogP contribution in [0.3, 0.4) is 0 Å². The molecule has 0 amide bonds. The lowest BCUT2D eigenvalue weighted by molar-refractivity contribution is 0.0572. The van der Waals surface area contributed by atoms with Crippen LogP contribution in [0.15, 0.2) is 28.9 Å². The largest absolute Gasteiger partial charge is 0.389 e. The molecule has 0 spiro atoms. The second kappa shape index (κ2) is 5.02. The average molecular weight is 334 g/mol. The van der Waals surface area contributed by atoms with Gasteiger partial charge < -0.3 is 15.1 Å². The highest BCUT2D eigenvalue weighted by molar-refractivity contribution is 9.10. The average Bonchev–Trinajstić information content (AvgIpc) is 2.77. The predicted octanol–water partition coefficient (Wildman–Crippen LogP) is 1.41. The van der Waals surface area contributed by atoms with Crippen molar-refractivity contribution in [2.45, 2.75) is 12.2 Å². The molecular weight excluding hydrogens is 322 g/mol. The number of benzene rings is 1. The summed E-state index contributed by atoms with van der Waals surface area (Å²) in [6, 6.07) is 7.78. The van der Waals surface area contributed by atoms with Crippen LogP contribution in [0.1, 0.15) is 5.56 Å². The maximum atomic E-state index is 9.72. The molecule has 102 valence electrons. The summed E-state index contributed by atoms with van der Waals surface area (Å²) in [7, 11) is 0. The number of para-hydroxylation sites is 1. The van der Waals surface area contributed by atoms with Crippen LogP contribution in [0.4, 0.5) is 5.69 Å². The first-order chi connectivity index (χ1) is 9.61. The van der Waals surface area contributed by atoms with Gasteiger partial charge in [-0.25, -0.2) is 0 Å². The highest BCUT2D eigenvalue weighted by Gasteiger charge is 2.32. The molecule has 6 heteroatoms. The summed E-state index contributed by atoms with van der Waals surface area (Å²) in [4.78, 5) is 6.14. The van der Waals surface area contributed by atoms with Crippen molar-refractivity contribution in [3.05, 3.63) is 34.4 Å². The summed E-state index contributed by atoms with van der Waals surface area (Å²) in [6.07, 6.45) is -0.0618. The first kappa shape index (κ1) is 13.3. The molecule has 1 aliphatic heterocycles. The Labute approximate surface area is 124 Å². The van der Waals surface area contributed by atoms with E-state index in [0.29, 0.717) is 18.7 Å². The first-order valence-corrected chi connectivity index (χ1v) is 6.99. The highest BCUT2D eigenvalue weighted by atomic mass is 79.9. The van der Waals surface area contributed by atoms with Crippen LogP contribution in [0.5, 0.6) is 0 Å². The van der Waals surface area contributed by atoms with Crippen LogP contribution in [0.25, 0.3) is 10.9 Å². The van der Waals surface area contributed by atoms with E-state index in [1.807, 2.05) is 23.1 Å². The van der Waals surface area contributed by atoms with Crippen LogP contribution >= 0.6 is 15.9 Å². The molecule has 2 heterocycles. The molecule has 1 fully saturated rings. The number of β-amino-alcohol motifs (C(OH)–C–C–N with tert-alkyl or cyclic N) is 2.